The average Bonchev–Trinajstić information content (AvgIpc) is 2.86. The van der Waals surface area contributed by atoms with Gasteiger partial charge in [-0.15, -0.1) is 0 Å². The molecule has 0 saturated heterocycles. The maximum atomic E-state index is 12.4. The molecular weight excluding hydrogens is 210 g/mol. The summed E-state index contributed by atoms with van der Waals surface area (Å²) in [4.78, 5) is 14.5. The van der Waals surface area contributed by atoms with E-state index >= 15 is 0 Å². The third-order valence-electron chi connectivity index (χ3n) is 3.83. The van der Waals surface area contributed by atoms with Crippen LogP contribution in [0.1, 0.15) is 71.6 Å². The van der Waals surface area contributed by atoms with Crippen LogP contribution in [0.2, 0.25) is 0 Å². The van der Waals surface area contributed by atoms with Crippen molar-refractivity contribution in [1.29, 1.82) is 0 Å². The molecule has 1 saturated carbocycles. The van der Waals surface area contributed by atoms with Gasteiger partial charge in [0.25, 0.3) is 0 Å². The maximum Gasteiger partial charge on any atom is 0.225 e. The molecule has 1 fully saturated rings. The first-order valence-electron chi connectivity index (χ1n) is 7.58. The molecule has 100 valence electrons. The Morgan fingerprint density at radius 2 is 1.59 bits per heavy atom. The SMILES string of the molecule is CCCCCN(CCCC)C(=O)C1CCCC1. The number of hydrogen-bond acceptors (Lipinski definition) is 1. The van der Waals surface area contributed by atoms with Crippen molar-refractivity contribution in [3.05, 3.63) is 0 Å². The van der Waals surface area contributed by atoms with Crippen molar-refractivity contribution in [1.82, 2.24) is 4.90 Å². The van der Waals surface area contributed by atoms with Gasteiger partial charge in [-0.05, 0) is 25.7 Å². The lowest BCUT2D eigenvalue weighted by Crippen LogP contribution is -2.36. The van der Waals surface area contributed by atoms with E-state index in [-0.39, 0.29) is 0 Å². The highest BCUT2D eigenvalue weighted by atomic mass is 16.2. The van der Waals surface area contributed by atoms with Crippen molar-refractivity contribution >= 4 is 5.91 Å². The van der Waals surface area contributed by atoms with E-state index in [2.05, 4.69) is 18.7 Å². The minimum absolute atomic E-state index is 0.355. The van der Waals surface area contributed by atoms with Crippen molar-refractivity contribution in [2.75, 3.05) is 13.1 Å². The second-order valence-electron chi connectivity index (χ2n) is 5.37. The molecule has 1 aliphatic carbocycles. The number of carbonyl (C=O) groups is 1. The van der Waals surface area contributed by atoms with Crippen LogP contribution in [0, 0.1) is 5.92 Å². The van der Waals surface area contributed by atoms with Crippen LogP contribution in [-0.2, 0) is 4.79 Å². The molecule has 1 aliphatic rings. The molecule has 0 spiro atoms. The van der Waals surface area contributed by atoms with Crippen molar-refractivity contribution in [2.24, 2.45) is 5.92 Å². The van der Waals surface area contributed by atoms with Gasteiger partial charge >= 0.3 is 0 Å². The molecule has 2 nitrogen and oxygen atoms in total. The highest BCUT2D eigenvalue weighted by molar-refractivity contribution is 5.79. The highest BCUT2D eigenvalue weighted by Gasteiger charge is 2.26. The third kappa shape index (κ3) is 5.10. The number of unbranched alkanes of at least 4 members (excludes halogenated alkanes) is 3. The van der Waals surface area contributed by atoms with Crippen LogP contribution in [0.15, 0.2) is 0 Å². The molecule has 0 heterocycles. The second-order valence-corrected chi connectivity index (χ2v) is 5.37. The molecule has 17 heavy (non-hydrogen) atoms. The van der Waals surface area contributed by atoms with Gasteiger partial charge in [0, 0.05) is 19.0 Å². The molecule has 0 aromatic heterocycles. The number of hydrogen-bond donors (Lipinski definition) is 0. The van der Waals surface area contributed by atoms with E-state index < -0.39 is 0 Å². The molecule has 0 N–H and O–H groups in total. The van der Waals surface area contributed by atoms with Crippen LogP contribution in [0.5, 0.6) is 0 Å². The summed E-state index contributed by atoms with van der Waals surface area (Å²) in [7, 11) is 0. The minimum Gasteiger partial charge on any atom is -0.342 e. The first kappa shape index (κ1) is 14.5. The molecule has 0 radical (unpaired) electrons. The standard InChI is InChI=1S/C15H29NO/c1-3-5-9-13-16(12-6-4-2)15(17)14-10-7-8-11-14/h14H,3-13H2,1-2H3. The molecule has 0 aromatic carbocycles. The van der Waals surface area contributed by atoms with Gasteiger partial charge in [0.2, 0.25) is 5.91 Å². The second kappa shape index (κ2) is 8.54. The van der Waals surface area contributed by atoms with E-state index in [4.69, 9.17) is 0 Å². The summed E-state index contributed by atoms with van der Waals surface area (Å²) < 4.78 is 0. The lowest BCUT2D eigenvalue weighted by molar-refractivity contribution is -0.135. The zero-order chi connectivity index (χ0) is 12.5. The van der Waals surface area contributed by atoms with Crippen LogP contribution in [0.25, 0.3) is 0 Å². The molecule has 0 unspecified atom stereocenters. The Bertz CT molecular complexity index is 209. The van der Waals surface area contributed by atoms with Crippen molar-refractivity contribution in [2.45, 2.75) is 71.6 Å². The Balaban J connectivity index is 2.39. The van der Waals surface area contributed by atoms with Crippen molar-refractivity contribution in [3.63, 3.8) is 0 Å². The number of amides is 1. The fraction of sp³-hybridized carbons (Fsp3) is 0.933. The summed E-state index contributed by atoms with van der Waals surface area (Å²) in [6, 6.07) is 0. The zero-order valence-corrected chi connectivity index (χ0v) is 11.7. The Kier molecular flexibility index (Phi) is 7.30. The van der Waals surface area contributed by atoms with Gasteiger partial charge < -0.3 is 4.90 Å². The molecule has 0 atom stereocenters. The molecule has 0 aliphatic heterocycles. The predicted octanol–water partition coefficient (Wildman–Crippen LogP) is 4.00. The zero-order valence-electron chi connectivity index (χ0n) is 11.7. The topological polar surface area (TPSA) is 20.3 Å². The Morgan fingerprint density at radius 3 is 2.18 bits per heavy atom. The monoisotopic (exact) mass is 239 g/mol. The molecule has 1 rings (SSSR count). The van der Waals surface area contributed by atoms with Crippen LogP contribution in [-0.4, -0.2) is 23.9 Å². The summed E-state index contributed by atoms with van der Waals surface area (Å²) in [5.74, 6) is 0.806. The third-order valence-corrected chi connectivity index (χ3v) is 3.83. The normalized spacial score (nSPS) is 16.4. The molecule has 2 heteroatoms. The quantitative estimate of drug-likeness (QED) is 0.586. The lowest BCUT2D eigenvalue weighted by atomic mass is 10.1. The summed E-state index contributed by atoms with van der Waals surface area (Å²) >= 11 is 0. The van der Waals surface area contributed by atoms with E-state index in [0.29, 0.717) is 11.8 Å². The Morgan fingerprint density at radius 1 is 1.00 bits per heavy atom. The first-order chi connectivity index (χ1) is 8.29. The Labute approximate surface area is 107 Å². The first-order valence-corrected chi connectivity index (χ1v) is 7.58. The fourth-order valence-corrected chi connectivity index (χ4v) is 2.66. The largest absolute Gasteiger partial charge is 0.342 e. The van der Waals surface area contributed by atoms with Crippen molar-refractivity contribution < 1.29 is 4.79 Å². The predicted molar refractivity (Wildman–Crippen MR) is 73.0 cm³/mol. The minimum atomic E-state index is 0.355. The molecule has 0 aromatic rings. The summed E-state index contributed by atoms with van der Waals surface area (Å²) in [5.41, 5.74) is 0. The molecule has 0 bridgehead atoms. The van der Waals surface area contributed by atoms with E-state index in [1.807, 2.05) is 0 Å². The van der Waals surface area contributed by atoms with Crippen LogP contribution >= 0.6 is 0 Å². The number of carbonyl (C=O) groups excluding carboxylic acids is 1. The van der Waals surface area contributed by atoms with E-state index in [1.54, 1.807) is 0 Å². The van der Waals surface area contributed by atoms with Crippen LogP contribution < -0.4 is 0 Å². The Hall–Kier alpha value is -0.530. The lowest BCUT2D eigenvalue weighted by Gasteiger charge is -2.25. The van der Waals surface area contributed by atoms with Crippen LogP contribution in [0.4, 0.5) is 0 Å². The van der Waals surface area contributed by atoms with Gasteiger partial charge in [0.1, 0.15) is 0 Å². The number of nitrogens with zero attached hydrogens (tertiary/aromatic N) is 1. The fourth-order valence-electron chi connectivity index (χ4n) is 2.66. The highest BCUT2D eigenvalue weighted by Crippen LogP contribution is 2.26. The maximum absolute atomic E-state index is 12.4. The van der Waals surface area contributed by atoms with Gasteiger partial charge in [-0.2, -0.15) is 0 Å². The van der Waals surface area contributed by atoms with E-state index in [1.165, 1.54) is 38.5 Å². The van der Waals surface area contributed by atoms with Crippen molar-refractivity contribution in [3.8, 4) is 0 Å². The van der Waals surface area contributed by atoms with Gasteiger partial charge in [-0.1, -0.05) is 46.0 Å². The van der Waals surface area contributed by atoms with Gasteiger partial charge in [0.15, 0.2) is 0 Å². The van der Waals surface area contributed by atoms with Gasteiger partial charge in [-0.3, -0.25) is 4.79 Å². The van der Waals surface area contributed by atoms with Gasteiger partial charge in [-0.25, -0.2) is 0 Å². The molecule has 1 amide bonds. The summed E-state index contributed by atoms with van der Waals surface area (Å²) in [6.07, 6.45) is 10.8. The van der Waals surface area contributed by atoms with E-state index in [9.17, 15) is 4.79 Å². The van der Waals surface area contributed by atoms with E-state index in [0.717, 1.165) is 32.4 Å². The summed E-state index contributed by atoms with van der Waals surface area (Å²) in [5, 5.41) is 0. The molecular formula is C15H29NO. The summed E-state index contributed by atoms with van der Waals surface area (Å²) in [6.45, 7) is 6.39. The average molecular weight is 239 g/mol. The smallest absolute Gasteiger partial charge is 0.225 e. The van der Waals surface area contributed by atoms with Crippen LogP contribution in [0.3, 0.4) is 0 Å². The van der Waals surface area contributed by atoms with Gasteiger partial charge in [0.05, 0.1) is 0 Å². The number of rotatable bonds is 8.